The number of rotatable bonds is 7. The summed E-state index contributed by atoms with van der Waals surface area (Å²) < 4.78 is 5.58. The van der Waals surface area contributed by atoms with E-state index in [-0.39, 0.29) is 6.03 Å². The second-order valence-corrected chi connectivity index (χ2v) is 5.39. The van der Waals surface area contributed by atoms with Crippen molar-refractivity contribution in [2.45, 2.75) is 26.8 Å². The van der Waals surface area contributed by atoms with E-state index in [9.17, 15) is 4.79 Å². The zero-order chi connectivity index (χ0) is 16.5. The molecule has 2 N–H and O–H groups in total. The second-order valence-electron chi connectivity index (χ2n) is 5.39. The van der Waals surface area contributed by atoms with Crippen molar-refractivity contribution in [3.8, 4) is 5.75 Å². The van der Waals surface area contributed by atoms with E-state index in [1.54, 1.807) is 0 Å². The van der Waals surface area contributed by atoms with Gasteiger partial charge in [0.25, 0.3) is 0 Å². The Morgan fingerprint density at radius 1 is 1.04 bits per heavy atom. The first-order chi connectivity index (χ1) is 11.2. The van der Waals surface area contributed by atoms with Crippen LogP contribution >= 0.6 is 0 Å². The van der Waals surface area contributed by atoms with Crippen molar-refractivity contribution in [3.05, 3.63) is 65.2 Å². The number of hydrogen-bond donors (Lipinski definition) is 2. The minimum absolute atomic E-state index is 0.153. The van der Waals surface area contributed by atoms with Crippen LogP contribution < -0.4 is 15.4 Å². The molecule has 122 valence electrons. The summed E-state index contributed by atoms with van der Waals surface area (Å²) >= 11 is 0. The molecule has 2 amide bonds. The van der Waals surface area contributed by atoms with Gasteiger partial charge in [0, 0.05) is 13.1 Å². The zero-order valence-electron chi connectivity index (χ0n) is 13.8. The third-order valence-corrected chi connectivity index (χ3v) is 3.53. The molecule has 4 heteroatoms. The van der Waals surface area contributed by atoms with Crippen molar-refractivity contribution in [3.63, 3.8) is 0 Å². The molecule has 2 rings (SSSR count). The molecular formula is C19H24N2O2. The van der Waals surface area contributed by atoms with E-state index in [1.165, 1.54) is 5.56 Å². The third kappa shape index (κ3) is 5.66. The Balaban J connectivity index is 1.73. The fraction of sp³-hybridized carbons (Fsp3) is 0.316. The standard InChI is InChI=1S/C19H24N2O2/c1-3-23-18-7-5-4-6-17(18)12-13-20-19(22)21-14-16-10-8-15(2)9-11-16/h4-11H,3,12-14H2,1-2H3,(H2,20,21,22). The number of amides is 2. The maximum atomic E-state index is 11.8. The average Bonchev–Trinajstić information content (AvgIpc) is 2.56. The SMILES string of the molecule is CCOc1ccccc1CCNC(=O)NCc1ccc(C)cc1. The molecule has 23 heavy (non-hydrogen) atoms. The van der Waals surface area contributed by atoms with Gasteiger partial charge in [0.2, 0.25) is 0 Å². The van der Waals surface area contributed by atoms with Crippen LogP contribution in [0.4, 0.5) is 4.79 Å². The first-order valence-corrected chi connectivity index (χ1v) is 7.97. The highest BCUT2D eigenvalue weighted by atomic mass is 16.5. The fourth-order valence-corrected chi connectivity index (χ4v) is 2.27. The van der Waals surface area contributed by atoms with E-state index in [2.05, 4.69) is 10.6 Å². The van der Waals surface area contributed by atoms with Crippen molar-refractivity contribution in [2.75, 3.05) is 13.2 Å². The van der Waals surface area contributed by atoms with Gasteiger partial charge in [-0.05, 0) is 37.5 Å². The van der Waals surface area contributed by atoms with E-state index < -0.39 is 0 Å². The quantitative estimate of drug-likeness (QED) is 0.823. The number of benzene rings is 2. The predicted octanol–water partition coefficient (Wildman–Crippen LogP) is 3.44. The molecule has 2 aromatic carbocycles. The van der Waals surface area contributed by atoms with Crippen molar-refractivity contribution in [1.29, 1.82) is 0 Å². The molecule has 0 unspecified atom stereocenters. The van der Waals surface area contributed by atoms with Crippen molar-refractivity contribution >= 4 is 6.03 Å². The number of ether oxygens (including phenoxy) is 1. The lowest BCUT2D eigenvalue weighted by Gasteiger charge is -2.11. The third-order valence-electron chi connectivity index (χ3n) is 3.53. The summed E-state index contributed by atoms with van der Waals surface area (Å²) in [6.07, 6.45) is 0.744. The van der Waals surface area contributed by atoms with Crippen LogP contribution in [-0.4, -0.2) is 19.2 Å². The highest BCUT2D eigenvalue weighted by Crippen LogP contribution is 2.17. The molecule has 0 aliphatic heterocycles. The van der Waals surface area contributed by atoms with Crippen LogP contribution in [0.1, 0.15) is 23.6 Å². The minimum atomic E-state index is -0.153. The van der Waals surface area contributed by atoms with Crippen LogP contribution in [-0.2, 0) is 13.0 Å². The summed E-state index contributed by atoms with van der Waals surface area (Å²) in [5, 5.41) is 5.74. The molecule has 0 radical (unpaired) electrons. The maximum Gasteiger partial charge on any atom is 0.315 e. The lowest BCUT2D eigenvalue weighted by atomic mass is 10.1. The number of hydrogen-bond acceptors (Lipinski definition) is 2. The zero-order valence-corrected chi connectivity index (χ0v) is 13.8. The Labute approximate surface area is 137 Å². The van der Waals surface area contributed by atoms with Crippen LogP contribution in [0.15, 0.2) is 48.5 Å². The average molecular weight is 312 g/mol. The van der Waals surface area contributed by atoms with E-state index in [1.807, 2.05) is 62.4 Å². The number of aryl methyl sites for hydroxylation is 1. The summed E-state index contributed by atoms with van der Waals surface area (Å²) in [6, 6.07) is 15.9. The summed E-state index contributed by atoms with van der Waals surface area (Å²) in [4.78, 5) is 11.8. The Kier molecular flexibility index (Phi) is 6.48. The molecule has 0 atom stereocenters. The van der Waals surface area contributed by atoms with Gasteiger partial charge in [-0.15, -0.1) is 0 Å². The van der Waals surface area contributed by atoms with Crippen LogP contribution in [0, 0.1) is 6.92 Å². The van der Waals surface area contributed by atoms with Gasteiger partial charge < -0.3 is 15.4 Å². The summed E-state index contributed by atoms with van der Waals surface area (Å²) in [5.41, 5.74) is 3.41. The molecule has 2 aromatic rings. The number of carbonyl (C=O) groups is 1. The lowest BCUT2D eigenvalue weighted by Crippen LogP contribution is -2.36. The van der Waals surface area contributed by atoms with E-state index in [4.69, 9.17) is 4.74 Å². The molecule has 0 fully saturated rings. The maximum absolute atomic E-state index is 11.8. The molecule has 0 spiro atoms. The van der Waals surface area contributed by atoms with E-state index in [0.717, 1.165) is 23.3 Å². The van der Waals surface area contributed by atoms with Gasteiger partial charge in [-0.2, -0.15) is 0 Å². The normalized spacial score (nSPS) is 10.2. The summed E-state index contributed by atoms with van der Waals surface area (Å²) in [7, 11) is 0. The minimum Gasteiger partial charge on any atom is -0.494 e. The van der Waals surface area contributed by atoms with Gasteiger partial charge >= 0.3 is 6.03 Å². The second kappa shape index (κ2) is 8.83. The smallest absolute Gasteiger partial charge is 0.315 e. The molecule has 0 bridgehead atoms. The molecule has 0 saturated carbocycles. The van der Waals surface area contributed by atoms with Crippen LogP contribution in [0.3, 0.4) is 0 Å². The monoisotopic (exact) mass is 312 g/mol. The van der Waals surface area contributed by atoms with Gasteiger partial charge in [-0.25, -0.2) is 4.79 Å². The number of carbonyl (C=O) groups excluding carboxylic acids is 1. The lowest BCUT2D eigenvalue weighted by molar-refractivity contribution is 0.240. The molecule has 0 heterocycles. The molecule has 0 aliphatic carbocycles. The van der Waals surface area contributed by atoms with Crippen LogP contribution in [0.25, 0.3) is 0 Å². The summed E-state index contributed by atoms with van der Waals surface area (Å²) in [6.45, 7) is 5.75. The van der Waals surface area contributed by atoms with Crippen molar-refractivity contribution < 1.29 is 9.53 Å². The largest absolute Gasteiger partial charge is 0.494 e. The Hall–Kier alpha value is -2.49. The Morgan fingerprint density at radius 3 is 2.52 bits per heavy atom. The van der Waals surface area contributed by atoms with Crippen LogP contribution in [0.2, 0.25) is 0 Å². The Morgan fingerprint density at radius 2 is 1.78 bits per heavy atom. The number of urea groups is 1. The molecule has 0 saturated heterocycles. The van der Waals surface area contributed by atoms with E-state index in [0.29, 0.717) is 19.7 Å². The van der Waals surface area contributed by atoms with Gasteiger partial charge in [-0.3, -0.25) is 0 Å². The summed E-state index contributed by atoms with van der Waals surface area (Å²) in [5.74, 6) is 0.886. The Bertz CT molecular complexity index is 624. The van der Waals surface area contributed by atoms with Gasteiger partial charge in [-0.1, -0.05) is 48.0 Å². The highest BCUT2D eigenvalue weighted by Gasteiger charge is 2.04. The van der Waals surface area contributed by atoms with Gasteiger partial charge in [0.05, 0.1) is 6.61 Å². The highest BCUT2D eigenvalue weighted by molar-refractivity contribution is 5.73. The first-order valence-electron chi connectivity index (χ1n) is 7.97. The number of nitrogens with one attached hydrogen (secondary N) is 2. The fourth-order valence-electron chi connectivity index (χ4n) is 2.27. The molecule has 0 aliphatic rings. The topological polar surface area (TPSA) is 50.4 Å². The van der Waals surface area contributed by atoms with Crippen molar-refractivity contribution in [1.82, 2.24) is 10.6 Å². The molecular weight excluding hydrogens is 288 g/mol. The van der Waals surface area contributed by atoms with E-state index >= 15 is 0 Å². The van der Waals surface area contributed by atoms with Gasteiger partial charge in [0.1, 0.15) is 5.75 Å². The first kappa shape index (κ1) is 16.9. The predicted molar refractivity (Wildman–Crippen MR) is 92.7 cm³/mol. The molecule has 0 aromatic heterocycles. The van der Waals surface area contributed by atoms with Gasteiger partial charge in [0.15, 0.2) is 0 Å². The van der Waals surface area contributed by atoms with Crippen LogP contribution in [0.5, 0.6) is 5.75 Å². The number of para-hydroxylation sites is 1. The molecule has 4 nitrogen and oxygen atoms in total. The van der Waals surface area contributed by atoms with Crippen molar-refractivity contribution in [2.24, 2.45) is 0 Å².